The monoisotopic (exact) mass is 378 g/mol. The van der Waals surface area contributed by atoms with Gasteiger partial charge in [-0.3, -0.25) is 4.79 Å². The van der Waals surface area contributed by atoms with E-state index in [9.17, 15) is 9.59 Å². The highest BCUT2D eigenvalue weighted by atomic mass is 16.6. The summed E-state index contributed by atoms with van der Waals surface area (Å²) in [6.45, 7) is 12.3. The van der Waals surface area contributed by atoms with E-state index in [4.69, 9.17) is 14.2 Å². The number of carbonyl (C=O) groups excluding carboxylic acids is 2. The minimum atomic E-state index is -1.10. The fraction of sp³-hybridized carbons (Fsp3) is 0.636. The van der Waals surface area contributed by atoms with Crippen molar-refractivity contribution in [2.24, 2.45) is 0 Å². The van der Waals surface area contributed by atoms with Gasteiger partial charge >= 0.3 is 11.9 Å². The van der Waals surface area contributed by atoms with E-state index in [0.717, 1.165) is 0 Å². The maximum absolute atomic E-state index is 12.0. The van der Waals surface area contributed by atoms with Crippen LogP contribution in [0.25, 0.3) is 0 Å². The summed E-state index contributed by atoms with van der Waals surface area (Å²) in [6, 6.07) is 6.56. The molecule has 1 aromatic rings. The molecule has 0 bridgehead atoms. The lowest BCUT2D eigenvalue weighted by atomic mass is 9.83. The molecule has 152 valence electrons. The van der Waals surface area contributed by atoms with Gasteiger partial charge in [0.2, 0.25) is 5.60 Å². The summed E-state index contributed by atoms with van der Waals surface area (Å²) in [5.74, 6) is -0.881. The van der Waals surface area contributed by atoms with Gasteiger partial charge in [-0.15, -0.1) is 0 Å². The normalized spacial score (nSPS) is 21.6. The van der Waals surface area contributed by atoms with Crippen molar-refractivity contribution in [1.29, 1.82) is 0 Å². The van der Waals surface area contributed by atoms with E-state index < -0.39 is 17.5 Å². The molecule has 1 aliphatic carbocycles. The summed E-state index contributed by atoms with van der Waals surface area (Å²) in [5, 5.41) is 0. The molecule has 0 N–H and O–H groups in total. The van der Waals surface area contributed by atoms with Gasteiger partial charge < -0.3 is 14.2 Å². The number of rotatable bonds is 5. The fourth-order valence-electron chi connectivity index (χ4n) is 3.55. The molecule has 5 nitrogen and oxygen atoms in total. The average molecular weight is 379 g/mol. The summed E-state index contributed by atoms with van der Waals surface area (Å²) in [7, 11) is 0. The predicted molar refractivity (Wildman–Crippen MR) is 106 cm³/mol. The summed E-state index contributed by atoms with van der Waals surface area (Å²) >= 11 is 0. The average Bonchev–Trinajstić information content (AvgIpc) is 2.56. The number of benzene rings is 1. The van der Waals surface area contributed by atoms with Gasteiger partial charge in [0.15, 0.2) is 0 Å². The van der Waals surface area contributed by atoms with Crippen LogP contribution in [0.5, 0.6) is 0 Å². The quantitative estimate of drug-likeness (QED) is 0.709. The van der Waals surface area contributed by atoms with E-state index in [1.54, 1.807) is 6.92 Å². The Bertz CT molecular complexity index is 565. The molecule has 0 aromatic heterocycles. The van der Waals surface area contributed by atoms with Crippen molar-refractivity contribution >= 4 is 11.9 Å². The minimum Gasteiger partial charge on any atom is -0.463 e. The largest absolute Gasteiger partial charge is 0.463 e. The predicted octanol–water partition coefficient (Wildman–Crippen LogP) is 4.44. The lowest BCUT2D eigenvalue weighted by molar-refractivity contribution is -0.188. The number of ether oxygens (including phenoxy) is 3. The van der Waals surface area contributed by atoms with Crippen molar-refractivity contribution in [2.45, 2.75) is 78.9 Å². The molecule has 1 saturated carbocycles. The summed E-state index contributed by atoms with van der Waals surface area (Å²) in [5.41, 5.74) is 2.96. The van der Waals surface area contributed by atoms with Crippen LogP contribution >= 0.6 is 0 Å². The Morgan fingerprint density at radius 3 is 1.81 bits per heavy atom. The molecule has 2 rings (SSSR count). The van der Waals surface area contributed by atoms with Crippen molar-refractivity contribution in [3.63, 3.8) is 0 Å². The van der Waals surface area contributed by atoms with Crippen molar-refractivity contribution in [3.05, 3.63) is 34.9 Å². The molecular weight excluding hydrogens is 344 g/mol. The molecule has 0 amide bonds. The highest BCUT2D eigenvalue weighted by Crippen LogP contribution is 2.34. The zero-order valence-electron chi connectivity index (χ0n) is 17.6. The van der Waals surface area contributed by atoms with Crippen LogP contribution in [0, 0.1) is 20.8 Å². The van der Waals surface area contributed by atoms with Crippen LogP contribution in [-0.2, 0) is 23.8 Å². The van der Waals surface area contributed by atoms with Gasteiger partial charge in [-0.2, -0.15) is 0 Å². The molecule has 0 unspecified atom stereocenters. The second-order valence-corrected chi connectivity index (χ2v) is 7.13. The molecule has 1 aliphatic rings. The third-order valence-electron chi connectivity index (χ3n) is 4.50. The van der Waals surface area contributed by atoms with Crippen molar-refractivity contribution < 1.29 is 23.8 Å². The summed E-state index contributed by atoms with van der Waals surface area (Å²) in [6.07, 6.45) is 2.50. The second-order valence-electron chi connectivity index (χ2n) is 7.13. The first-order valence-corrected chi connectivity index (χ1v) is 9.75. The Morgan fingerprint density at radius 2 is 1.44 bits per heavy atom. The highest BCUT2D eigenvalue weighted by Gasteiger charge is 2.46. The van der Waals surface area contributed by atoms with Gasteiger partial charge in [0.1, 0.15) is 0 Å². The maximum Gasteiger partial charge on any atom is 0.350 e. The molecule has 27 heavy (non-hydrogen) atoms. The van der Waals surface area contributed by atoms with Crippen LogP contribution < -0.4 is 0 Å². The number of esters is 2. The summed E-state index contributed by atoms with van der Waals surface area (Å²) < 4.78 is 15.8. The van der Waals surface area contributed by atoms with Crippen LogP contribution in [0.3, 0.4) is 0 Å². The highest BCUT2D eigenvalue weighted by molar-refractivity contribution is 5.83. The molecule has 1 fully saturated rings. The molecule has 0 spiro atoms. The van der Waals surface area contributed by atoms with Gasteiger partial charge in [-0.1, -0.05) is 34.9 Å². The standard InChI is InChI=1S/C13H22O5.C9H12/c1-4-16-11-6-8-13(9-7-11,18-10(3)14)12(15)17-5-2;1-7-4-8(2)6-9(3)5-7/h11H,4-9H2,1-3H3;4-6H,1-3H3. The zero-order valence-corrected chi connectivity index (χ0v) is 17.6. The Balaban J connectivity index is 0.000000337. The topological polar surface area (TPSA) is 61.8 Å². The minimum absolute atomic E-state index is 0.146. The van der Waals surface area contributed by atoms with E-state index in [2.05, 4.69) is 39.0 Å². The van der Waals surface area contributed by atoms with E-state index >= 15 is 0 Å². The molecule has 1 aromatic carbocycles. The number of carbonyl (C=O) groups is 2. The van der Waals surface area contributed by atoms with Crippen LogP contribution in [0.15, 0.2) is 18.2 Å². The SMILES string of the molecule is CCOC(=O)C1(OC(C)=O)CCC(OCC)CC1.Cc1cc(C)cc(C)c1. The van der Waals surface area contributed by atoms with Crippen LogP contribution in [-0.4, -0.2) is 36.9 Å². The number of hydrogen-bond acceptors (Lipinski definition) is 5. The molecule has 0 heterocycles. The van der Waals surface area contributed by atoms with Gasteiger partial charge in [-0.25, -0.2) is 4.79 Å². The van der Waals surface area contributed by atoms with E-state index in [1.165, 1.54) is 23.6 Å². The van der Waals surface area contributed by atoms with E-state index in [1.807, 2.05) is 6.92 Å². The Kier molecular flexibility index (Phi) is 9.50. The van der Waals surface area contributed by atoms with E-state index in [-0.39, 0.29) is 12.7 Å². The fourth-order valence-corrected chi connectivity index (χ4v) is 3.55. The first-order chi connectivity index (χ1) is 12.7. The Labute approximate surface area is 163 Å². The van der Waals surface area contributed by atoms with Crippen LogP contribution in [0.1, 0.15) is 63.1 Å². The maximum atomic E-state index is 12.0. The molecule has 0 saturated heterocycles. The number of aryl methyl sites for hydroxylation is 3. The molecule has 0 aliphatic heterocycles. The molecular formula is C22H34O5. The first-order valence-electron chi connectivity index (χ1n) is 9.75. The summed E-state index contributed by atoms with van der Waals surface area (Å²) in [4.78, 5) is 23.2. The number of hydrogen-bond donors (Lipinski definition) is 0. The van der Waals surface area contributed by atoms with E-state index in [0.29, 0.717) is 32.3 Å². The third-order valence-corrected chi connectivity index (χ3v) is 4.50. The Hall–Kier alpha value is -1.88. The van der Waals surface area contributed by atoms with Crippen molar-refractivity contribution in [3.8, 4) is 0 Å². The second kappa shape index (κ2) is 11.1. The molecule has 0 atom stereocenters. The van der Waals surface area contributed by atoms with Crippen molar-refractivity contribution in [2.75, 3.05) is 13.2 Å². The lowest BCUT2D eigenvalue weighted by Gasteiger charge is -2.36. The van der Waals surface area contributed by atoms with Gasteiger partial charge in [0, 0.05) is 26.4 Å². The first kappa shape index (κ1) is 23.2. The smallest absolute Gasteiger partial charge is 0.350 e. The van der Waals surface area contributed by atoms with Crippen molar-refractivity contribution in [1.82, 2.24) is 0 Å². The lowest BCUT2D eigenvalue weighted by Crippen LogP contribution is -2.48. The van der Waals surface area contributed by atoms with Gasteiger partial charge in [0.25, 0.3) is 0 Å². The van der Waals surface area contributed by atoms with Crippen LogP contribution in [0.2, 0.25) is 0 Å². The molecule has 5 heteroatoms. The Morgan fingerprint density at radius 1 is 0.963 bits per heavy atom. The third kappa shape index (κ3) is 7.71. The van der Waals surface area contributed by atoms with Gasteiger partial charge in [0.05, 0.1) is 12.7 Å². The zero-order chi connectivity index (χ0) is 20.4. The van der Waals surface area contributed by atoms with Crippen LogP contribution in [0.4, 0.5) is 0 Å². The molecule has 0 radical (unpaired) electrons. The van der Waals surface area contributed by atoms with Gasteiger partial charge in [-0.05, 0) is 47.5 Å².